The number of para-hydroxylation sites is 2. The fourth-order valence-electron chi connectivity index (χ4n) is 1.60. The number of ether oxygens (including phenoxy) is 1. The van der Waals surface area contributed by atoms with E-state index in [1.807, 2.05) is 0 Å². The summed E-state index contributed by atoms with van der Waals surface area (Å²) >= 11 is 0. The van der Waals surface area contributed by atoms with Crippen LogP contribution in [-0.4, -0.2) is 39.2 Å². The molecule has 0 saturated carbocycles. The number of nitrogens with one attached hydrogen (secondary N) is 2. The Labute approximate surface area is 119 Å². The molecular weight excluding hydrogens is 278 g/mol. The Morgan fingerprint density at radius 1 is 1.43 bits per heavy atom. The smallest absolute Gasteiger partial charge is 0.310 e. The van der Waals surface area contributed by atoms with Gasteiger partial charge in [0.15, 0.2) is 12.4 Å². The van der Waals surface area contributed by atoms with Crippen LogP contribution in [0.25, 0.3) is 0 Å². The first kappa shape index (κ1) is 14.4. The fraction of sp³-hybridized carbons (Fsp3) is 0.250. The van der Waals surface area contributed by atoms with E-state index < -0.39 is 4.92 Å². The standard InChI is InChI=1S/C12H13N5O4/c18-12(13-6-5-11-14-8-15-16-11)7-21-10-4-2-1-3-9(10)17(19)20/h1-4,8H,5-7H2,(H,13,18)(H,14,15,16). The summed E-state index contributed by atoms with van der Waals surface area (Å²) in [5.41, 5.74) is -0.174. The molecule has 2 N–H and O–H groups in total. The first-order valence-electron chi connectivity index (χ1n) is 6.14. The molecule has 0 unspecified atom stereocenters. The Morgan fingerprint density at radius 2 is 2.24 bits per heavy atom. The number of aromatic amines is 1. The molecule has 0 bridgehead atoms. The Balaban J connectivity index is 1.77. The molecule has 110 valence electrons. The molecule has 1 aromatic carbocycles. The van der Waals surface area contributed by atoms with Gasteiger partial charge in [-0.1, -0.05) is 12.1 Å². The van der Waals surface area contributed by atoms with Crippen LogP contribution in [0.2, 0.25) is 0 Å². The Bertz CT molecular complexity index is 614. The molecule has 1 aromatic heterocycles. The minimum absolute atomic E-state index is 0.0629. The van der Waals surface area contributed by atoms with E-state index in [2.05, 4.69) is 20.5 Å². The maximum Gasteiger partial charge on any atom is 0.310 e. The highest BCUT2D eigenvalue weighted by Crippen LogP contribution is 2.25. The van der Waals surface area contributed by atoms with Crippen LogP contribution in [0, 0.1) is 10.1 Å². The number of rotatable bonds is 7. The molecule has 0 spiro atoms. The number of amides is 1. The summed E-state index contributed by atoms with van der Waals surface area (Å²) in [6, 6.07) is 5.89. The summed E-state index contributed by atoms with van der Waals surface area (Å²) in [7, 11) is 0. The van der Waals surface area contributed by atoms with Crippen LogP contribution in [0.4, 0.5) is 5.69 Å². The third kappa shape index (κ3) is 4.27. The number of carbonyl (C=O) groups excluding carboxylic acids is 1. The minimum Gasteiger partial charge on any atom is -0.477 e. The molecule has 0 aliphatic carbocycles. The van der Waals surface area contributed by atoms with E-state index in [4.69, 9.17) is 4.74 Å². The van der Waals surface area contributed by atoms with Crippen molar-refractivity contribution in [3.63, 3.8) is 0 Å². The Kier molecular flexibility index (Phi) is 4.80. The highest BCUT2D eigenvalue weighted by Gasteiger charge is 2.14. The molecule has 1 heterocycles. The highest BCUT2D eigenvalue weighted by molar-refractivity contribution is 5.77. The third-order valence-electron chi connectivity index (χ3n) is 2.57. The molecule has 0 saturated heterocycles. The molecule has 21 heavy (non-hydrogen) atoms. The van der Waals surface area contributed by atoms with Gasteiger partial charge in [0, 0.05) is 19.0 Å². The first-order chi connectivity index (χ1) is 10.2. The maximum absolute atomic E-state index is 11.6. The van der Waals surface area contributed by atoms with E-state index in [1.165, 1.54) is 24.5 Å². The van der Waals surface area contributed by atoms with Crippen molar-refractivity contribution in [2.45, 2.75) is 6.42 Å². The van der Waals surface area contributed by atoms with Crippen LogP contribution < -0.4 is 10.1 Å². The number of nitro benzene ring substituents is 1. The number of hydrogen-bond acceptors (Lipinski definition) is 6. The molecule has 2 rings (SSSR count). The summed E-state index contributed by atoms with van der Waals surface area (Å²) in [4.78, 5) is 25.7. The van der Waals surface area contributed by atoms with Crippen LogP contribution in [0.3, 0.4) is 0 Å². The predicted molar refractivity (Wildman–Crippen MR) is 71.7 cm³/mol. The van der Waals surface area contributed by atoms with E-state index in [0.29, 0.717) is 18.8 Å². The monoisotopic (exact) mass is 291 g/mol. The maximum atomic E-state index is 11.6. The summed E-state index contributed by atoms with van der Waals surface area (Å²) in [5, 5.41) is 19.8. The number of nitrogens with zero attached hydrogens (tertiary/aromatic N) is 3. The number of H-pyrrole nitrogens is 1. The van der Waals surface area contributed by atoms with E-state index >= 15 is 0 Å². The van der Waals surface area contributed by atoms with Gasteiger partial charge in [-0.25, -0.2) is 4.98 Å². The van der Waals surface area contributed by atoms with E-state index in [0.717, 1.165) is 0 Å². The van der Waals surface area contributed by atoms with Crippen LogP contribution >= 0.6 is 0 Å². The lowest BCUT2D eigenvalue weighted by Gasteiger charge is -2.07. The SMILES string of the molecule is O=C(COc1ccccc1[N+](=O)[O-])NCCc1ncn[nH]1. The van der Waals surface area contributed by atoms with Gasteiger partial charge in [0.05, 0.1) is 4.92 Å². The van der Waals surface area contributed by atoms with Crippen LogP contribution in [0.15, 0.2) is 30.6 Å². The van der Waals surface area contributed by atoms with Crippen LogP contribution in [0.5, 0.6) is 5.75 Å². The summed E-state index contributed by atoms with van der Waals surface area (Å²) < 4.78 is 5.16. The third-order valence-corrected chi connectivity index (χ3v) is 2.57. The van der Waals surface area contributed by atoms with Gasteiger partial charge in [0.1, 0.15) is 12.2 Å². The van der Waals surface area contributed by atoms with Crippen LogP contribution in [-0.2, 0) is 11.2 Å². The van der Waals surface area contributed by atoms with Crippen molar-refractivity contribution >= 4 is 11.6 Å². The Hall–Kier alpha value is -2.97. The minimum atomic E-state index is -0.558. The number of nitro groups is 1. The number of aromatic nitrogens is 3. The molecule has 0 atom stereocenters. The van der Waals surface area contributed by atoms with Gasteiger partial charge >= 0.3 is 5.69 Å². The molecule has 2 aromatic rings. The second kappa shape index (κ2) is 6.98. The second-order valence-corrected chi connectivity index (χ2v) is 4.05. The molecule has 9 heteroatoms. The summed E-state index contributed by atoms with van der Waals surface area (Å²) in [5.74, 6) is 0.357. The average molecular weight is 291 g/mol. The second-order valence-electron chi connectivity index (χ2n) is 4.05. The lowest BCUT2D eigenvalue weighted by molar-refractivity contribution is -0.385. The van der Waals surface area contributed by atoms with Crippen molar-refractivity contribution < 1.29 is 14.5 Å². The molecule has 1 amide bonds. The average Bonchev–Trinajstić information content (AvgIpc) is 2.98. The van der Waals surface area contributed by atoms with Crippen molar-refractivity contribution in [1.29, 1.82) is 0 Å². The molecule has 0 aliphatic rings. The number of carbonyl (C=O) groups is 1. The van der Waals surface area contributed by atoms with Gasteiger partial charge in [0.2, 0.25) is 0 Å². The zero-order valence-electron chi connectivity index (χ0n) is 11.0. The summed E-state index contributed by atoms with van der Waals surface area (Å²) in [6.07, 6.45) is 1.89. The molecule has 0 radical (unpaired) electrons. The van der Waals surface area contributed by atoms with Gasteiger partial charge < -0.3 is 10.1 Å². The van der Waals surface area contributed by atoms with Crippen molar-refractivity contribution in [2.75, 3.05) is 13.2 Å². The van der Waals surface area contributed by atoms with Crippen molar-refractivity contribution in [2.24, 2.45) is 0 Å². The first-order valence-corrected chi connectivity index (χ1v) is 6.14. The van der Waals surface area contributed by atoms with Crippen LogP contribution in [0.1, 0.15) is 5.82 Å². The lowest BCUT2D eigenvalue weighted by atomic mass is 10.3. The zero-order chi connectivity index (χ0) is 15.1. The Morgan fingerprint density at radius 3 is 2.95 bits per heavy atom. The van der Waals surface area contributed by atoms with Crippen molar-refractivity contribution in [1.82, 2.24) is 20.5 Å². The quantitative estimate of drug-likeness (QED) is 0.564. The van der Waals surface area contributed by atoms with E-state index in [-0.39, 0.29) is 24.0 Å². The molecule has 0 fully saturated rings. The van der Waals surface area contributed by atoms with Crippen molar-refractivity contribution in [3.8, 4) is 5.75 Å². The largest absolute Gasteiger partial charge is 0.477 e. The molecule has 0 aliphatic heterocycles. The topological polar surface area (TPSA) is 123 Å². The van der Waals surface area contributed by atoms with Gasteiger partial charge in [-0.3, -0.25) is 20.0 Å². The van der Waals surface area contributed by atoms with Crippen molar-refractivity contribution in [3.05, 3.63) is 46.5 Å². The fourth-order valence-corrected chi connectivity index (χ4v) is 1.60. The highest BCUT2D eigenvalue weighted by atomic mass is 16.6. The lowest BCUT2D eigenvalue weighted by Crippen LogP contribution is -2.30. The van der Waals surface area contributed by atoms with Gasteiger partial charge in [-0.15, -0.1) is 0 Å². The predicted octanol–water partition coefficient (Wildman–Crippen LogP) is 0.451. The van der Waals surface area contributed by atoms with Gasteiger partial charge in [0.25, 0.3) is 5.91 Å². The molecule has 9 nitrogen and oxygen atoms in total. The van der Waals surface area contributed by atoms with E-state index in [9.17, 15) is 14.9 Å². The zero-order valence-corrected chi connectivity index (χ0v) is 11.0. The normalized spacial score (nSPS) is 10.1. The van der Waals surface area contributed by atoms with Gasteiger partial charge in [-0.05, 0) is 6.07 Å². The van der Waals surface area contributed by atoms with E-state index in [1.54, 1.807) is 6.07 Å². The number of benzene rings is 1. The summed E-state index contributed by atoms with van der Waals surface area (Å²) in [6.45, 7) is 0.0789. The molecular formula is C12H13N5O4. The van der Waals surface area contributed by atoms with Gasteiger partial charge in [-0.2, -0.15) is 5.10 Å². The number of hydrogen-bond donors (Lipinski definition) is 2.